The number of methoxy groups -OCH3 is 1. The Balaban J connectivity index is 1.64. The minimum absolute atomic E-state index is 0.0733. The van der Waals surface area contributed by atoms with Gasteiger partial charge in [0.25, 0.3) is 5.91 Å². The molecule has 5 nitrogen and oxygen atoms in total. The average molecular weight is 376 g/mol. The Morgan fingerprint density at radius 1 is 1.21 bits per heavy atom. The SMILES string of the molecule is COc1ccccc1-c1cccc(OC2CN(C(=O)/C(C#N)=C/C(C)C)C2)c1. The summed E-state index contributed by atoms with van der Waals surface area (Å²) in [5.74, 6) is 1.49. The third kappa shape index (κ3) is 4.34. The first kappa shape index (κ1) is 19.5. The van der Waals surface area contributed by atoms with Gasteiger partial charge in [-0.3, -0.25) is 4.79 Å². The van der Waals surface area contributed by atoms with Gasteiger partial charge in [0.2, 0.25) is 0 Å². The monoisotopic (exact) mass is 376 g/mol. The lowest BCUT2D eigenvalue weighted by molar-refractivity contribution is -0.135. The summed E-state index contributed by atoms with van der Waals surface area (Å²) in [6.07, 6.45) is 1.63. The number of nitrogens with zero attached hydrogens (tertiary/aromatic N) is 2. The zero-order chi connectivity index (χ0) is 20.1. The van der Waals surface area contributed by atoms with E-state index in [9.17, 15) is 10.1 Å². The largest absolute Gasteiger partial charge is 0.496 e. The fourth-order valence-electron chi connectivity index (χ4n) is 3.15. The van der Waals surface area contributed by atoms with E-state index in [-0.39, 0.29) is 23.5 Å². The number of carbonyl (C=O) groups excluding carboxylic acids is 1. The van der Waals surface area contributed by atoms with Gasteiger partial charge < -0.3 is 14.4 Å². The summed E-state index contributed by atoms with van der Waals surface area (Å²) in [7, 11) is 1.66. The number of hydrogen-bond acceptors (Lipinski definition) is 4. The van der Waals surface area contributed by atoms with Gasteiger partial charge in [-0.1, -0.05) is 50.3 Å². The highest BCUT2D eigenvalue weighted by atomic mass is 16.5. The van der Waals surface area contributed by atoms with Crippen LogP contribution in [0.15, 0.2) is 60.2 Å². The fourth-order valence-corrected chi connectivity index (χ4v) is 3.15. The average Bonchev–Trinajstić information content (AvgIpc) is 2.68. The molecule has 1 amide bonds. The lowest BCUT2D eigenvalue weighted by Gasteiger charge is -2.38. The van der Waals surface area contributed by atoms with E-state index in [2.05, 4.69) is 0 Å². The molecule has 0 spiro atoms. The highest BCUT2D eigenvalue weighted by Crippen LogP contribution is 2.32. The molecule has 0 aliphatic carbocycles. The molecule has 1 aliphatic heterocycles. The Morgan fingerprint density at radius 2 is 1.96 bits per heavy atom. The topological polar surface area (TPSA) is 62.6 Å². The van der Waals surface area contributed by atoms with Gasteiger partial charge in [0, 0.05) is 5.56 Å². The van der Waals surface area contributed by atoms with Gasteiger partial charge in [-0.2, -0.15) is 5.26 Å². The highest BCUT2D eigenvalue weighted by molar-refractivity contribution is 5.97. The van der Waals surface area contributed by atoms with Crippen molar-refractivity contribution >= 4 is 5.91 Å². The van der Waals surface area contributed by atoms with Crippen molar-refractivity contribution in [1.29, 1.82) is 5.26 Å². The van der Waals surface area contributed by atoms with Crippen molar-refractivity contribution in [2.75, 3.05) is 20.2 Å². The number of amides is 1. The van der Waals surface area contributed by atoms with Crippen LogP contribution in [0.25, 0.3) is 11.1 Å². The molecule has 0 unspecified atom stereocenters. The third-order valence-corrected chi connectivity index (χ3v) is 4.54. The van der Waals surface area contributed by atoms with E-state index >= 15 is 0 Å². The Bertz CT molecular complexity index is 921. The summed E-state index contributed by atoms with van der Waals surface area (Å²) in [6.45, 7) is 4.85. The molecule has 0 bridgehead atoms. The van der Waals surface area contributed by atoms with Gasteiger partial charge in [0.1, 0.15) is 29.2 Å². The molecule has 1 saturated heterocycles. The Kier molecular flexibility index (Phi) is 6.00. The standard InChI is InChI=1S/C23H24N2O3/c1-16(2)11-18(13-24)23(26)25-14-20(15-25)28-19-8-6-7-17(12-19)21-9-4-5-10-22(21)27-3/h4-12,16,20H,14-15H2,1-3H3/b18-11+. The molecule has 144 valence electrons. The molecule has 0 N–H and O–H groups in total. The second-order valence-corrected chi connectivity index (χ2v) is 7.11. The molecule has 0 atom stereocenters. The van der Waals surface area contributed by atoms with Crippen LogP contribution in [0.2, 0.25) is 0 Å². The van der Waals surface area contributed by atoms with Gasteiger partial charge in [-0.15, -0.1) is 0 Å². The van der Waals surface area contributed by atoms with E-state index in [1.807, 2.05) is 68.4 Å². The first-order chi connectivity index (χ1) is 13.5. The van der Waals surface area contributed by atoms with Crippen molar-refractivity contribution in [2.45, 2.75) is 20.0 Å². The molecule has 2 aromatic carbocycles. The number of allylic oxidation sites excluding steroid dienone is 1. The van der Waals surface area contributed by atoms with Crippen LogP contribution in [0.5, 0.6) is 11.5 Å². The molecule has 2 aromatic rings. The van der Waals surface area contributed by atoms with E-state index < -0.39 is 0 Å². The number of rotatable bonds is 6. The molecule has 5 heteroatoms. The number of likely N-dealkylation sites (tertiary alicyclic amines) is 1. The summed E-state index contributed by atoms with van der Waals surface area (Å²) in [5.41, 5.74) is 2.21. The first-order valence-corrected chi connectivity index (χ1v) is 9.33. The first-order valence-electron chi connectivity index (χ1n) is 9.33. The van der Waals surface area contributed by atoms with E-state index in [4.69, 9.17) is 9.47 Å². The van der Waals surface area contributed by atoms with E-state index in [1.165, 1.54) is 0 Å². The van der Waals surface area contributed by atoms with Crippen molar-refractivity contribution in [3.05, 3.63) is 60.2 Å². The summed E-state index contributed by atoms with van der Waals surface area (Å²) >= 11 is 0. The van der Waals surface area contributed by atoms with Crippen molar-refractivity contribution in [1.82, 2.24) is 4.90 Å². The van der Waals surface area contributed by atoms with Crippen LogP contribution < -0.4 is 9.47 Å². The van der Waals surface area contributed by atoms with Crippen LogP contribution in [0.3, 0.4) is 0 Å². The minimum atomic E-state index is -0.223. The number of nitriles is 1. The second kappa shape index (κ2) is 8.62. The Morgan fingerprint density at radius 3 is 2.64 bits per heavy atom. The molecule has 3 rings (SSSR count). The smallest absolute Gasteiger partial charge is 0.264 e. The quantitative estimate of drug-likeness (QED) is 0.563. The van der Waals surface area contributed by atoms with Crippen LogP contribution >= 0.6 is 0 Å². The van der Waals surface area contributed by atoms with Crippen molar-refractivity contribution in [2.24, 2.45) is 5.92 Å². The summed E-state index contributed by atoms with van der Waals surface area (Å²) in [5, 5.41) is 9.19. The normalized spacial score (nSPS) is 14.4. The molecule has 1 aliphatic rings. The summed E-state index contributed by atoms with van der Waals surface area (Å²) < 4.78 is 11.5. The summed E-state index contributed by atoms with van der Waals surface area (Å²) in [6, 6.07) is 17.7. The number of benzene rings is 2. The Labute approximate surface area is 165 Å². The molecule has 0 aromatic heterocycles. The highest BCUT2D eigenvalue weighted by Gasteiger charge is 2.33. The molecular weight excluding hydrogens is 352 g/mol. The predicted octanol–water partition coefficient (Wildman–Crippen LogP) is 4.06. The summed E-state index contributed by atoms with van der Waals surface area (Å²) in [4.78, 5) is 14.0. The minimum Gasteiger partial charge on any atom is -0.496 e. The van der Waals surface area contributed by atoms with Gasteiger partial charge in [-0.05, 0) is 29.7 Å². The van der Waals surface area contributed by atoms with Crippen molar-refractivity contribution in [3.8, 4) is 28.7 Å². The number of ether oxygens (including phenoxy) is 2. The zero-order valence-corrected chi connectivity index (χ0v) is 16.4. The second-order valence-electron chi connectivity index (χ2n) is 7.11. The van der Waals surface area contributed by atoms with Crippen LogP contribution in [0.4, 0.5) is 0 Å². The molecule has 1 fully saturated rings. The van der Waals surface area contributed by atoms with Crippen molar-refractivity contribution in [3.63, 3.8) is 0 Å². The zero-order valence-electron chi connectivity index (χ0n) is 16.4. The number of hydrogen-bond donors (Lipinski definition) is 0. The Hall–Kier alpha value is -3.26. The molecular formula is C23H24N2O3. The van der Waals surface area contributed by atoms with Crippen LogP contribution in [0.1, 0.15) is 13.8 Å². The predicted molar refractivity (Wildman–Crippen MR) is 108 cm³/mol. The van der Waals surface area contributed by atoms with Gasteiger partial charge in [0.15, 0.2) is 0 Å². The van der Waals surface area contributed by atoms with E-state index in [0.29, 0.717) is 13.1 Å². The maximum absolute atomic E-state index is 12.4. The maximum Gasteiger partial charge on any atom is 0.264 e. The fraction of sp³-hybridized carbons (Fsp3) is 0.304. The van der Waals surface area contributed by atoms with Gasteiger partial charge in [0.05, 0.1) is 20.2 Å². The molecule has 0 saturated carbocycles. The molecule has 1 heterocycles. The number of para-hydroxylation sites is 1. The molecule has 0 radical (unpaired) electrons. The van der Waals surface area contributed by atoms with Gasteiger partial charge in [-0.25, -0.2) is 0 Å². The van der Waals surface area contributed by atoms with Crippen LogP contribution in [-0.4, -0.2) is 37.1 Å². The van der Waals surface area contributed by atoms with Crippen molar-refractivity contribution < 1.29 is 14.3 Å². The van der Waals surface area contributed by atoms with Gasteiger partial charge >= 0.3 is 0 Å². The number of carbonyl (C=O) groups is 1. The lowest BCUT2D eigenvalue weighted by Crippen LogP contribution is -2.56. The third-order valence-electron chi connectivity index (χ3n) is 4.54. The molecule has 28 heavy (non-hydrogen) atoms. The van der Waals surface area contributed by atoms with E-state index in [0.717, 1.165) is 22.6 Å². The maximum atomic E-state index is 12.4. The van der Waals surface area contributed by atoms with Crippen LogP contribution in [-0.2, 0) is 4.79 Å². The van der Waals surface area contributed by atoms with E-state index in [1.54, 1.807) is 18.1 Å². The van der Waals surface area contributed by atoms with Crippen LogP contribution in [0, 0.1) is 17.2 Å². The lowest BCUT2D eigenvalue weighted by atomic mass is 10.0.